The van der Waals surface area contributed by atoms with Crippen LogP contribution in [-0.2, 0) is 16.1 Å². The standard InChI is InChI=1S/C18H28N4O2S/c1-13(23)20-18-19-10-16(25-18)12-22-9-5-6-14(11-22)17(24)21-15-7-3-2-4-8-15/h10,14-15H,2-9,11-12H2,1H3,(H,21,24)(H,19,20,23). The summed E-state index contributed by atoms with van der Waals surface area (Å²) in [6.45, 7) is 4.11. The first-order valence-electron chi connectivity index (χ1n) is 9.35. The highest BCUT2D eigenvalue weighted by Gasteiger charge is 2.28. The van der Waals surface area contributed by atoms with Crippen LogP contribution in [0.3, 0.4) is 0 Å². The van der Waals surface area contributed by atoms with Gasteiger partial charge in [-0.1, -0.05) is 19.3 Å². The Kier molecular flexibility index (Phi) is 6.42. The molecule has 3 rings (SSSR count). The molecule has 25 heavy (non-hydrogen) atoms. The van der Waals surface area contributed by atoms with Crippen LogP contribution in [0.1, 0.15) is 56.7 Å². The van der Waals surface area contributed by atoms with Crippen molar-refractivity contribution in [2.45, 2.75) is 64.5 Å². The van der Waals surface area contributed by atoms with Crippen molar-refractivity contribution >= 4 is 28.3 Å². The first kappa shape index (κ1) is 18.3. The molecule has 1 aromatic rings. The molecule has 1 saturated heterocycles. The minimum absolute atomic E-state index is 0.0958. The van der Waals surface area contributed by atoms with E-state index in [-0.39, 0.29) is 17.7 Å². The number of nitrogens with zero attached hydrogens (tertiary/aromatic N) is 2. The maximum absolute atomic E-state index is 12.6. The van der Waals surface area contributed by atoms with E-state index in [4.69, 9.17) is 0 Å². The second-order valence-corrected chi connectivity index (χ2v) is 8.35. The number of thiazole rings is 1. The summed E-state index contributed by atoms with van der Waals surface area (Å²) >= 11 is 1.51. The average Bonchev–Trinajstić information content (AvgIpc) is 3.02. The van der Waals surface area contributed by atoms with Crippen LogP contribution in [0.25, 0.3) is 0 Å². The number of carbonyl (C=O) groups excluding carboxylic acids is 2. The van der Waals surface area contributed by atoms with E-state index < -0.39 is 0 Å². The number of hydrogen-bond acceptors (Lipinski definition) is 5. The molecule has 0 bridgehead atoms. The molecule has 6 nitrogen and oxygen atoms in total. The van der Waals surface area contributed by atoms with Gasteiger partial charge >= 0.3 is 0 Å². The van der Waals surface area contributed by atoms with Gasteiger partial charge in [-0.15, -0.1) is 11.3 Å². The first-order valence-corrected chi connectivity index (χ1v) is 10.2. The summed E-state index contributed by atoms with van der Waals surface area (Å²) in [5, 5.41) is 6.64. The number of carbonyl (C=O) groups is 2. The Balaban J connectivity index is 1.49. The zero-order chi connectivity index (χ0) is 17.6. The zero-order valence-corrected chi connectivity index (χ0v) is 15.7. The molecule has 1 unspecified atom stereocenters. The van der Waals surface area contributed by atoms with Crippen LogP contribution in [-0.4, -0.2) is 40.8 Å². The molecule has 2 fully saturated rings. The lowest BCUT2D eigenvalue weighted by Crippen LogP contribution is -2.46. The molecule has 2 aliphatic rings. The molecule has 1 aromatic heterocycles. The van der Waals surface area contributed by atoms with Gasteiger partial charge in [-0.25, -0.2) is 4.98 Å². The van der Waals surface area contributed by atoms with Gasteiger partial charge in [0.15, 0.2) is 5.13 Å². The van der Waals surface area contributed by atoms with Crippen molar-refractivity contribution in [2.24, 2.45) is 5.92 Å². The summed E-state index contributed by atoms with van der Waals surface area (Å²) < 4.78 is 0. The molecule has 1 atom stereocenters. The molecule has 2 heterocycles. The fourth-order valence-electron chi connectivity index (χ4n) is 3.79. The Morgan fingerprint density at radius 2 is 2.04 bits per heavy atom. The normalized spacial score (nSPS) is 22.5. The molecule has 0 spiro atoms. The van der Waals surface area contributed by atoms with Crippen molar-refractivity contribution in [1.82, 2.24) is 15.2 Å². The van der Waals surface area contributed by atoms with E-state index in [0.29, 0.717) is 11.2 Å². The zero-order valence-electron chi connectivity index (χ0n) is 14.9. The van der Waals surface area contributed by atoms with Crippen molar-refractivity contribution in [2.75, 3.05) is 18.4 Å². The Bertz CT molecular complexity index is 598. The van der Waals surface area contributed by atoms with Gasteiger partial charge in [-0.3, -0.25) is 14.5 Å². The molecule has 1 aliphatic heterocycles. The number of hydrogen-bond donors (Lipinski definition) is 2. The van der Waals surface area contributed by atoms with Crippen LogP contribution in [0.2, 0.25) is 0 Å². The van der Waals surface area contributed by atoms with Gasteiger partial charge in [0.2, 0.25) is 11.8 Å². The number of piperidine rings is 1. The molecule has 1 aliphatic carbocycles. The van der Waals surface area contributed by atoms with Gasteiger partial charge in [-0.05, 0) is 32.2 Å². The molecule has 138 valence electrons. The van der Waals surface area contributed by atoms with Gasteiger partial charge < -0.3 is 10.6 Å². The molecular formula is C18H28N4O2S. The van der Waals surface area contributed by atoms with Crippen molar-refractivity contribution < 1.29 is 9.59 Å². The largest absolute Gasteiger partial charge is 0.353 e. The molecule has 7 heteroatoms. The fraction of sp³-hybridized carbons (Fsp3) is 0.722. The molecule has 0 aromatic carbocycles. The van der Waals surface area contributed by atoms with Crippen molar-refractivity contribution in [3.05, 3.63) is 11.1 Å². The number of amides is 2. The van der Waals surface area contributed by atoms with Gasteiger partial charge in [-0.2, -0.15) is 0 Å². The summed E-state index contributed by atoms with van der Waals surface area (Å²) in [5.74, 6) is 0.233. The SMILES string of the molecule is CC(=O)Nc1ncc(CN2CCCC(C(=O)NC3CCCCC3)C2)s1. The number of anilines is 1. The predicted molar refractivity (Wildman–Crippen MR) is 99.4 cm³/mol. The smallest absolute Gasteiger partial charge is 0.224 e. The van der Waals surface area contributed by atoms with Crippen LogP contribution < -0.4 is 10.6 Å². The number of aromatic nitrogens is 1. The molecular weight excluding hydrogens is 336 g/mol. The minimum Gasteiger partial charge on any atom is -0.353 e. The summed E-state index contributed by atoms with van der Waals surface area (Å²) in [6.07, 6.45) is 9.91. The Hall–Kier alpha value is -1.47. The number of nitrogens with one attached hydrogen (secondary N) is 2. The highest BCUT2D eigenvalue weighted by Crippen LogP contribution is 2.24. The van der Waals surface area contributed by atoms with Crippen molar-refractivity contribution in [3.63, 3.8) is 0 Å². The quantitative estimate of drug-likeness (QED) is 0.842. The second kappa shape index (κ2) is 8.76. The first-order chi connectivity index (χ1) is 12.1. The third-order valence-corrected chi connectivity index (χ3v) is 5.94. The van der Waals surface area contributed by atoms with Crippen LogP contribution in [0.4, 0.5) is 5.13 Å². The predicted octanol–water partition coefficient (Wildman–Crippen LogP) is 2.76. The van der Waals surface area contributed by atoms with Gasteiger partial charge in [0, 0.05) is 37.1 Å². The Morgan fingerprint density at radius 3 is 2.80 bits per heavy atom. The number of likely N-dealkylation sites (tertiary alicyclic amines) is 1. The van der Waals surface area contributed by atoms with E-state index in [2.05, 4.69) is 20.5 Å². The lowest BCUT2D eigenvalue weighted by Gasteiger charge is -2.33. The molecule has 2 amide bonds. The summed E-state index contributed by atoms with van der Waals surface area (Å²) in [4.78, 5) is 31.4. The molecule has 2 N–H and O–H groups in total. The van der Waals surface area contributed by atoms with Crippen LogP contribution in [0.15, 0.2) is 6.20 Å². The Labute approximate surface area is 153 Å². The topological polar surface area (TPSA) is 74.3 Å². The van der Waals surface area contributed by atoms with E-state index in [1.54, 1.807) is 0 Å². The van der Waals surface area contributed by atoms with E-state index in [0.717, 1.165) is 50.2 Å². The third kappa shape index (κ3) is 5.51. The number of rotatable bonds is 5. The summed E-state index contributed by atoms with van der Waals surface area (Å²) in [6, 6.07) is 0.387. The third-order valence-electron chi connectivity index (χ3n) is 5.04. The van der Waals surface area contributed by atoms with Crippen LogP contribution in [0, 0.1) is 5.92 Å². The fourth-order valence-corrected chi connectivity index (χ4v) is 4.69. The lowest BCUT2D eigenvalue weighted by atomic mass is 9.93. The van der Waals surface area contributed by atoms with E-state index in [1.807, 2.05) is 6.20 Å². The van der Waals surface area contributed by atoms with Gasteiger partial charge in [0.25, 0.3) is 0 Å². The highest BCUT2D eigenvalue weighted by molar-refractivity contribution is 7.15. The molecule has 1 saturated carbocycles. The van der Waals surface area contributed by atoms with E-state index in [9.17, 15) is 9.59 Å². The van der Waals surface area contributed by atoms with Crippen molar-refractivity contribution in [1.29, 1.82) is 0 Å². The summed E-state index contributed by atoms with van der Waals surface area (Å²) in [5.41, 5.74) is 0. The Morgan fingerprint density at radius 1 is 1.24 bits per heavy atom. The monoisotopic (exact) mass is 364 g/mol. The minimum atomic E-state index is -0.0988. The van der Waals surface area contributed by atoms with Crippen molar-refractivity contribution in [3.8, 4) is 0 Å². The van der Waals surface area contributed by atoms with Gasteiger partial charge in [0.05, 0.1) is 5.92 Å². The maximum atomic E-state index is 12.6. The second-order valence-electron chi connectivity index (χ2n) is 7.23. The lowest BCUT2D eigenvalue weighted by molar-refractivity contribution is -0.127. The van der Waals surface area contributed by atoms with E-state index >= 15 is 0 Å². The van der Waals surface area contributed by atoms with Crippen LogP contribution in [0.5, 0.6) is 0 Å². The highest BCUT2D eigenvalue weighted by atomic mass is 32.1. The van der Waals surface area contributed by atoms with Gasteiger partial charge in [0.1, 0.15) is 0 Å². The van der Waals surface area contributed by atoms with E-state index in [1.165, 1.54) is 37.5 Å². The van der Waals surface area contributed by atoms with Crippen LogP contribution >= 0.6 is 11.3 Å². The maximum Gasteiger partial charge on any atom is 0.224 e. The summed E-state index contributed by atoms with van der Waals surface area (Å²) in [7, 11) is 0. The molecule has 0 radical (unpaired) electrons. The average molecular weight is 365 g/mol.